The molecule has 136 valence electrons. The summed E-state index contributed by atoms with van der Waals surface area (Å²) in [6, 6.07) is 8.04. The van der Waals surface area contributed by atoms with Crippen LogP contribution in [0.25, 0.3) is 10.2 Å². The first-order valence-electron chi connectivity index (χ1n) is 8.92. The van der Waals surface area contributed by atoms with Crippen LogP contribution in [0.1, 0.15) is 21.8 Å². The average Bonchev–Trinajstić information content (AvgIpc) is 2.92. The molecule has 1 saturated heterocycles. The van der Waals surface area contributed by atoms with Gasteiger partial charge in [0.2, 0.25) is 5.88 Å². The van der Waals surface area contributed by atoms with Crippen LogP contribution in [-0.2, 0) is 11.3 Å². The van der Waals surface area contributed by atoms with Gasteiger partial charge in [0.15, 0.2) is 0 Å². The van der Waals surface area contributed by atoms with Gasteiger partial charge in [0.05, 0.1) is 25.1 Å². The minimum Gasteiger partial charge on any atom is -0.438 e. The Morgan fingerprint density at radius 1 is 1.12 bits per heavy atom. The van der Waals surface area contributed by atoms with Gasteiger partial charge in [0.1, 0.15) is 16.4 Å². The molecule has 5 nitrogen and oxygen atoms in total. The highest BCUT2D eigenvalue weighted by Crippen LogP contribution is 2.37. The first-order chi connectivity index (χ1) is 12.6. The maximum absolute atomic E-state index is 6.26. The topological polar surface area (TPSA) is 47.5 Å². The summed E-state index contributed by atoms with van der Waals surface area (Å²) in [5.74, 6) is 2.31. The molecule has 1 aromatic carbocycles. The van der Waals surface area contributed by atoms with Crippen LogP contribution in [0.15, 0.2) is 24.3 Å². The molecule has 1 fully saturated rings. The normalized spacial score (nSPS) is 15.5. The van der Waals surface area contributed by atoms with Crippen LogP contribution < -0.4 is 4.74 Å². The van der Waals surface area contributed by atoms with Crippen molar-refractivity contribution in [3.8, 4) is 11.6 Å². The molecule has 0 N–H and O–H groups in total. The minimum atomic E-state index is 0.661. The number of rotatable bonds is 4. The maximum Gasteiger partial charge on any atom is 0.231 e. The van der Waals surface area contributed by atoms with Crippen molar-refractivity contribution in [3.05, 3.63) is 46.1 Å². The molecular formula is C20H23N3O2S. The molecule has 0 spiro atoms. The summed E-state index contributed by atoms with van der Waals surface area (Å²) in [5, 5.41) is 1.03. The number of aromatic nitrogens is 2. The smallest absolute Gasteiger partial charge is 0.231 e. The van der Waals surface area contributed by atoms with Gasteiger partial charge >= 0.3 is 0 Å². The zero-order valence-electron chi connectivity index (χ0n) is 15.4. The Balaban J connectivity index is 1.74. The van der Waals surface area contributed by atoms with Gasteiger partial charge < -0.3 is 9.47 Å². The van der Waals surface area contributed by atoms with Crippen LogP contribution in [0.4, 0.5) is 0 Å². The lowest BCUT2D eigenvalue weighted by atomic mass is 10.2. The molecule has 0 atom stereocenters. The lowest BCUT2D eigenvalue weighted by molar-refractivity contribution is 0.0330. The van der Waals surface area contributed by atoms with Crippen molar-refractivity contribution in [2.75, 3.05) is 26.3 Å². The molecule has 2 aromatic heterocycles. The predicted octanol–water partition coefficient (Wildman–Crippen LogP) is 4.24. The predicted molar refractivity (Wildman–Crippen MR) is 104 cm³/mol. The highest BCUT2D eigenvalue weighted by Gasteiger charge is 2.19. The first kappa shape index (κ1) is 17.4. The fourth-order valence-electron chi connectivity index (χ4n) is 3.13. The van der Waals surface area contributed by atoms with Crippen molar-refractivity contribution in [2.45, 2.75) is 27.3 Å². The van der Waals surface area contributed by atoms with Crippen molar-refractivity contribution < 1.29 is 9.47 Å². The molecule has 3 heterocycles. The zero-order chi connectivity index (χ0) is 18.1. The number of fused-ring (bicyclic) bond motifs is 1. The molecule has 1 aliphatic rings. The number of morpholine rings is 1. The van der Waals surface area contributed by atoms with E-state index in [1.165, 1.54) is 10.4 Å². The van der Waals surface area contributed by atoms with Crippen LogP contribution in [0.5, 0.6) is 11.6 Å². The molecule has 6 heteroatoms. The largest absolute Gasteiger partial charge is 0.438 e. The Hall–Kier alpha value is -2.02. The summed E-state index contributed by atoms with van der Waals surface area (Å²) in [7, 11) is 0. The fourth-order valence-corrected chi connectivity index (χ4v) is 4.17. The lowest BCUT2D eigenvalue weighted by Gasteiger charge is -2.25. The van der Waals surface area contributed by atoms with E-state index in [0.29, 0.717) is 5.88 Å². The SMILES string of the molecule is Cc1ccccc1Oc1nc(CN2CCOCC2)nc2sc(C)c(C)c12. The van der Waals surface area contributed by atoms with E-state index in [0.717, 1.165) is 60.2 Å². The van der Waals surface area contributed by atoms with Gasteiger partial charge in [-0.1, -0.05) is 18.2 Å². The van der Waals surface area contributed by atoms with E-state index in [9.17, 15) is 0 Å². The van der Waals surface area contributed by atoms with Crippen molar-refractivity contribution in [2.24, 2.45) is 0 Å². The summed E-state index contributed by atoms with van der Waals surface area (Å²) in [6.45, 7) is 10.4. The van der Waals surface area contributed by atoms with Gasteiger partial charge in [-0.15, -0.1) is 11.3 Å². The van der Waals surface area contributed by atoms with Gasteiger partial charge in [-0.25, -0.2) is 4.98 Å². The average molecular weight is 369 g/mol. The molecule has 26 heavy (non-hydrogen) atoms. The van der Waals surface area contributed by atoms with Crippen LogP contribution in [0, 0.1) is 20.8 Å². The molecule has 0 radical (unpaired) electrons. The van der Waals surface area contributed by atoms with Crippen LogP contribution in [0.3, 0.4) is 0 Å². The Morgan fingerprint density at radius 3 is 2.65 bits per heavy atom. The second-order valence-corrected chi connectivity index (χ2v) is 7.87. The van der Waals surface area contributed by atoms with Gasteiger partial charge in [-0.2, -0.15) is 4.98 Å². The number of ether oxygens (including phenoxy) is 2. The number of benzene rings is 1. The lowest BCUT2D eigenvalue weighted by Crippen LogP contribution is -2.36. The third-order valence-electron chi connectivity index (χ3n) is 4.81. The molecule has 0 unspecified atom stereocenters. The van der Waals surface area contributed by atoms with E-state index in [2.05, 4.69) is 18.7 Å². The van der Waals surface area contributed by atoms with Gasteiger partial charge in [-0.05, 0) is 38.0 Å². The molecule has 0 amide bonds. The van der Waals surface area contributed by atoms with Crippen molar-refractivity contribution in [3.63, 3.8) is 0 Å². The number of hydrogen-bond acceptors (Lipinski definition) is 6. The standard InChI is InChI=1S/C20H23N3O2S/c1-13-6-4-5-7-16(13)25-19-18-14(2)15(3)26-20(18)22-17(21-19)12-23-8-10-24-11-9-23/h4-7H,8-12H2,1-3H3. The third-order valence-corrected chi connectivity index (χ3v) is 5.91. The second-order valence-electron chi connectivity index (χ2n) is 6.66. The van der Waals surface area contributed by atoms with Crippen LogP contribution >= 0.6 is 11.3 Å². The van der Waals surface area contributed by atoms with E-state index in [1.54, 1.807) is 11.3 Å². The molecule has 0 saturated carbocycles. The molecule has 0 bridgehead atoms. The van der Waals surface area contributed by atoms with E-state index in [4.69, 9.17) is 19.4 Å². The number of hydrogen-bond donors (Lipinski definition) is 0. The van der Waals surface area contributed by atoms with Crippen LogP contribution in [-0.4, -0.2) is 41.2 Å². The van der Waals surface area contributed by atoms with Crippen molar-refractivity contribution in [1.29, 1.82) is 0 Å². The van der Waals surface area contributed by atoms with Gasteiger partial charge in [0, 0.05) is 18.0 Å². The summed E-state index contributed by atoms with van der Waals surface area (Å²) >= 11 is 1.71. The van der Waals surface area contributed by atoms with E-state index in [1.807, 2.05) is 31.2 Å². The quantitative estimate of drug-likeness (QED) is 0.688. The highest BCUT2D eigenvalue weighted by atomic mass is 32.1. The van der Waals surface area contributed by atoms with Crippen molar-refractivity contribution in [1.82, 2.24) is 14.9 Å². The molecule has 0 aliphatic carbocycles. The molecule has 1 aliphatic heterocycles. The Morgan fingerprint density at radius 2 is 1.88 bits per heavy atom. The Bertz CT molecular complexity index is 932. The first-order valence-corrected chi connectivity index (χ1v) is 9.73. The van der Waals surface area contributed by atoms with E-state index >= 15 is 0 Å². The van der Waals surface area contributed by atoms with E-state index in [-0.39, 0.29) is 0 Å². The van der Waals surface area contributed by atoms with Crippen LogP contribution in [0.2, 0.25) is 0 Å². The molecule has 3 aromatic rings. The van der Waals surface area contributed by atoms with E-state index < -0.39 is 0 Å². The summed E-state index contributed by atoms with van der Waals surface area (Å²) in [6.07, 6.45) is 0. The van der Waals surface area contributed by atoms with Gasteiger partial charge in [0.25, 0.3) is 0 Å². The minimum absolute atomic E-state index is 0.661. The number of para-hydroxylation sites is 1. The molecule has 4 rings (SSSR count). The van der Waals surface area contributed by atoms with Crippen molar-refractivity contribution >= 4 is 21.6 Å². The Labute approximate surface area is 157 Å². The number of thiophene rings is 1. The highest BCUT2D eigenvalue weighted by molar-refractivity contribution is 7.18. The number of nitrogens with zero attached hydrogens (tertiary/aromatic N) is 3. The second kappa shape index (κ2) is 7.31. The summed E-state index contributed by atoms with van der Waals surface area (Å²) in [5.41, 5.74) is 2.30. The summed E-state index contributed by atoms with van der Waals surface area (Å²) in [4.78, 5) is 14.2. The van der Waals surface area contributed by atoms with Gasteiger partial charge in [-0.3, -0.25) is 4.90 Å². The third kappa shape index (κ3) is 3.45. The summed E-state index contributed by atoms with van der Waals surface area (Å²) < 4.78 is 11.7. The Kier molecular flexibility index (Phi) is 4.89. The maximum atomic E-state index is 6.26. The number of aryl methyl sites for hydroxylation is 3. The molecular weight excluding hydrogens is 346 g/mol. The zero-order valence-corrected chi connectivity index (χ0v) is 16.2. The monoisotopic (exact) mass is 369 g/mol. The fraction of sp³-hybridized carbons (Fsp3) is 0.400.